The molecule has 9 heteroatoms. The molecule has 0 fully saturated rings. The lowest BCUT2D eigenvalue weighted by Gasteiger charge is -2.31. The van der Waals surface area contributed by atoms with Crippen molar-refractivity contribution in [1.82, 2.24) is 0 Å². The lowest BCUT2D eigenvalue weighted by Crippen LogP contribution is -2.44. The summed E-state index contributed by atoms with van der Waals surface area (Å²) in [6.07, 6.45) is -11.5. The lowest BCUT2D eigenvalue weighted by molar-refractivity contribution is -0.263. The SMILES string of the molecule is Cc1ccc(C(CC(O)(c2cccc(C(F)(F)F)c2)C(F)(F)F)=NO)cc1. The number of rotatable bonds is 4. The van der Waals surface area contributed by atoms with Crippen LogP contribution in [0.25, 0.3) is 0 Å². The number of aliphatic hydroxyl groups is 1. The van der Waals surface area contributed by atoms with E-state index in [4.69, 9.17) is 5.21 Å². The van der Waals surface area contributed by atoms with Crippen molar-refractivity contribution in [3.05, 3.63) is 70.8 Å². The first-order valence-electron chi connectivity index (χ1n) is 7.63. The van der Waals surface area contributed by atoms with Gasteiger partial charge in [-0.15, -0.1) is 0 Å². The van der Waals surface area contributed by atoms with E-state index < -0.39 is 41.2 Å². The summed E-state index contributed by atoms with van der Waals surface area (Å²) in [5.41, 5.74) is -5.65. The highest BCUT2D eigenvalue weighted by atomic mass is 19.4. The van der Waals surface area contributed by atoms with Crippen molar-refractivity contribution < 1.29 is 36.7 Å². The Bertz CT molecular complexity index is 827. The second-order valence-corrected chi connectivity index (χ2v) is 6.03. The molecule has 0 aliphatic heterocycles. The second kappa shape index (κ2) is 7.22. The summed E-state index contributed by atoms with van der Waals surface area (Å²) in [7, 11) is 0. The van der Waals surface area contributed by atoms with E-state index in [9.17, 15) is 31.4 Å². The predicted octanol–water partition coefficient (Wildman–Crippen LogP) is 5.03. The molecule has 146 valence electrons. The molecule has 0 aliphatic rings. The van der Waals surface area contributed by atoms with Crippen molar-refractivity contribution >= 4 is 5.71 Å². The number of benzene rings is 2. The fourth-order valence-electron chi connectivity index (χ4n) is 2.50. The van der Waals surface area contributed by atoms with E-state index in [0.29, 0.717) is 6.07 Å². The van der Waals surface area contributed by atoms with E-state index in [-0.39, 0.29) is 11.6 Å². The van der Waals surface area contributed by atoms with Crippen LogP contribution in [-0.2, 0) is 11.8 Å². The Morgan fingerprint density at radius 2 is 1.48 bits per heavy atom. The molecule has 3 nitrogen and oxygen atoms in total. The molecule has 0 saturated carbocycles. The third-order valence-electron chi connectivity index (χ3n) is 4.07. The van der Waals surface area contributed by atoms with Gasteiger partial charge in [0.25, 0.3) is 0 Å². The molecule has 2 N–H and O–H groups in total. The van der Waals surface area contributed by atoms with Gasteiger partial charge >= 0.3 is 12.4 Å². The summed E-state index contributed by atoms with van der Waals surface area (Å²) in [4.78, 5) is 0. The molecule has 0 radical (unpaired) electrons. The van der Waals surface area contributed by atoms with Crippen LogP contribution in [-0.4, -0.2) is 22.2 Å². The zero-order valence-corrected chi connectivity index (χ0v) is 13.9. The monoisotopic (exact) mass is 391 g/mol. The van der Waals surface area contributed by atoms with Gasteiger partial charge in [-0.05, 0) is 30.2 Å². The summed E-state index contributed by atoms with van der Waals surface area (Å²) in [5.74, 6) is 0. The van der Waals surface area contributed by atoms with Crippen LogP contribution >= 0.6 is 0 Å². The quantitative estimate of drug-likeness (QED) is 0.332. The van der Waals surface area contributed by atoms with E-state index in [1.807, 2.05) is 0 Å². The van der Waals surface area contributed by atoms with Crippen molar-refractivity contribution in [1.29, 1.82) is 0 Å². The van der Waals surface area contributed by atoms with Gasteiger partial charge in [0, 0.05) is 6.42 Å². The average Bonchev–Trinajstić information content (AvgIpc) is 2.58. The molecule has 2 aromatic carbocycles. The van der Waals surface area contributed by atoms with E-state index in [2.05, 4.69) is 5.16 Å². The summed E-state index contributed by atoms with van der Waals surface area (Å²) < 4.78 is 79.5. The Morgan fingerprint density at radius 1 is 0.926 bits per heavy atom. The maximum atomic E-state index is 13.6. The largest absolute Gasteiger partial charge is 0.421 e. The first-order valence-corrected chi connectivity index (χ1v) is 7.63. The average molecular weight is 391 g/mol. The van der Waals surface area contributed by atoms with Crippen LogP contribution in [0.2, 0.25) is 0 Å². The molecule has 2 rings (SSSR count). The van der Waals surface area contributed by atoms with Gasteiger partial charge in [0.05, 0.1) is 11.3 Å². The number of oxime groups is 1. The van der Waals surface area contributed by atoms with Gasteiger partial charge in [-0.1, -0.05) is 47.1 Å². The van der Waals surface area contributed by atoms with Crippen LogP contribution in [0, 0.1) is 6.92 Å². The van der Waals surface area contributed by atoms with Crippen LogP contribution in [0.3, 0.4) is 0 Å². The summed E-state index contributed by atoms with van der Waals surface area (Å²) >= 11 is 0. The van der Waals surface area contributed by atoms with Crippen molar-refractivity contribution in [3.63, 3.8) is 0 Å². The second-order valence-electron chi connectivity index (χ2n) is 6.03. The normalized spacial score (nSPS) is 15.5. The summed E-state index contributed by atoms with van der Waals surface area (Å²) in [5, 5.41) is 22.3. The van der Waals surface area contributed by atoms with Crippen LogP contribution in [0.15, 0.2) is 53.7 Å². The molecular formula is C18H15F6NO2. The van der Waals surface area contributed by atoms with E-state index in [0.717, 1.165) is 17.7 Å². The number of nitrogens with zero attached hydrogens (tertiary/aromatic N) is 1. The number of hydrogen-bond acceptors (Lipinski definition) is 3. The predicted molar refractivity (Wildman–Crippen MR) is 85.5 cm³/mol. The molecule has 1 unspecified atom stereocenters. The fourth-order valence-corrected chi connectivity index (χ4v) is 2.50. The number of halogens is 6. The Hall–Kier alpha value is -2.55. The van der Waals surface area contributed by atoms with E-state index in [1.54, 1.807) is 19.1 Å². The Balaban J connectivity index is 2.53. The molecule has 2 aromatic rings. The van der Waals surface area contributed by atoms with E-state index >= 15 is 0 Å². The van der Waals surface area contributed by atoms with Crippen LogP contribution in [0.4, 0.5) is 26.3 Å². The topological polar surface area (TPSA) is 52.8 Å². The van der Waals surface area contributed by atoms with Crippen molar-refractivity contribution in [2.24, 2.45) is 5.16 Å². The molecule has 0 amide bonds. The highest BCUT2D eigenvalue weighted by molar-refractivity contribution is 6.01. The minimum absolute atomic E-state index is 0.0951. The molecule has 0 saturated heterocycles. The summed E-state index contributed by atoms with van der Waals surface area (Å²) in [6, 6.07) is 8.22. The third kappa shape index (κ3) is 4.41. The van der Waals surface area contributed by atoms with Crippen LogP contribution in [0.1, 0.15) is 28.7 Å². The van der Waals surface area contributed by atoms with Gasteiger partial charge in [-0.3, -0.25) is 0 Å². The van der Waals surface area contributed by atoms with Gasteiger partial charge in [0.1, 0.15) is 0 Å². The van der Waals surface area contributed by atoms with Gasteiger partial charge in [-0.25, -0.2) is 0 Å². The fraction of sp³-hybridized carbons (Fsp3) is 0.278. The number of hydrogen-bond donors (Lipinski definition) is 2. The molecule has 0 spiro atoms. The zero-order valence-electron chi connectivity index (χ0n) is 13.9. The Kier molecular flexibility index (Phi) is 5.55. The molecule has 0 aromatic heterocycles. The van der Waals surface area contributed by atoms with Crippen molar-refractivity contribution in [2.75, 3.05) is 0 Å². The van der Waals surface area contributed by atoms with Gasteiger partial charge in [-0.2, -0.15) is 26.3 Å². The van der Waals surface area contributed by atoms with Gasteiger partial charge in [0.15, 0.2) is 5.60 Å². The van der Waals surface area contributed by atoms with Crippen LogP contribution < -0.4 is 0 Å². The van der Waals surface area contributed by atoms with E-state index in [1.165, 1.54) is 12.1 Å². The van der Waals surface area contributed by atoms with Crippen molar-refractivity contribution in [2.45, 2.75) is 31.3 Å². The Labute approximate surface area is 150 Å². The highest BCUT2D eigenvalue weighted by Gasteiger charge is 2.56. The first-order chi connectivity index (χ1) is 12.4. The first kappa shape index (κ1) is 20.8. The molecule has 0 aliphatic carbocycles. The molecule has 1 atom stereocenters. The zero-order chi connectivity index (χ0) is 20.5. The number of alkyl halides is 6. The standard InChI is InChI=1S/C18H15F6NO2/c1-11-5-7-12(8-6-11)15(25-27)10-16(26,18(22,23)24)13-3-2-4-14(9-13)17(19,20)21/h2-9,26-27H,10H2,1H3. The smallest absolute Gasteiger partial charge is 0.411 e. The van der Waals surface area contributed by atoms with Gasteiger partial charge in [0.2, 0.25) is 0 Å². The lowest BCUT2D eigenvalue weighted by atomic mass is 9.85. The Morgan fingerprint density at radius 3 is 1.96 bits per heavy atom. The molecule has 0 heterocycles. The molecule has 0 bridgehead atoms. The summed E-state index contributed by atoms with van der Waals surface area (Å²) in [6.45, 7) is 1.73. The third-order valence-corrected chi connectivity index (χ3v) is 4.07. The van der Waals surface area contributed by atoms with Crippen molar-refractivity contribution in [3.8, 4) is 0 Å². The van der Waals surface area contributed by atoms with Gasteiger partial charge < -0.3 is 10.3 Å². The molecular weight excluding hydrogens is 376 g/mol. The highest BCUT2D eigenvalue weighted by Crippen LogP contribution is 2.44. The molecule has 27 heavy (non-hydrogen) atoms. The maximum absolute atomic E-state index is 13.6. The number of aryl methyl sites for hydroxylation is 1. The van der Waals surface area contributed by atoms with Crippen LogP contribution in [0.5, 0.6) is 0 Å². The maximum Gasteiger partial charge on any atom is 0.421 e. The minimum Gasteiger partial charge on any atom is -0.411 e. The minimum atomic E-state index is -5.32.